The second-order valence-electron chi connectivity index (χ2n) is 1.41. The van der Waals surface area contributed by atoms with Crippen LogP contribution >= 0.6 is 0 Å². The van der Waals surface area contributed by atoms with Crippen LogP contribution in [0.15, 0.2) is 0 Å². The highest BCUT2D eigenvalue weighted by atomic mass is 19.1. The summed E-state index contributed by atoms with van der Waals surface area (Å²) < 4.78 is 11.6. The van der Waals surface area contributed by atoms with E-state index in [9.17, 15) is 14.5 Å². The van der Waals surface area contributed by atoms with Crippen molar-refractivity contribution in [2.75, 3.05) is 6.61 Å². The third-order valence-electron chi connectivity index (χ3n) is 0.775. The fourth-order valence-electron chi connectivity index (χ4n) is 0.254. The van der Waals surface area contributed by atoms with Crippen molar-refractivity contribution in [3.63, 3.8) is 0 Å². The van der Waals surface area contributed by atoms with Crippen LogP contribution < -0.4 is 0 Å². The van der Waals surface area contributed by atoms with E-state index in [1.807, 2.05) is 0 Å². The van der Waals surface area contributed by atoms with Crippen LogP contribution in [-0.2, 0) is 0 Å². The van der Waals surface area contributed by atoms with Gasteiger partial charge < -0.3 is 10.2 Å². The maximum absolute atomic E-state index is 11.6. The molecule has 9 heavy (non-hydrogen) atoms. The van der Waals surface area contributed by atoms with Gasteiger partial charge in [-0.3, -0.25) is 10.1 Å². The second kappa shape index (κ2) is 3.31. The van der Waals surface area contributed by atoms with E-state index in [2.05, 4.69) is 0 Å². The molecular weight excluding hydrogens is 133 g/mol. The van der Waals surface area contributed by atoms with Gasteiger partial charge in [0.2, 0.25) is 0 Å². The number of hydrogen-bond donors (Lipinski definition) is 2. The Balaban J connectivity index is 3.83. The molecule has 0 radical (unpaired) electrons. The summed E-state index contributed by atoms with van der Waals surface area (Å²) in [6, 6.07) is -1.91. The molecule has 0 saturated heterocycles. The molecule has 2 atom stereocenters. The lowest BCUT2D eigenvalue weighted by molar-refractivity contribution is -0.544. The minimum atomic E-state index is -2.59. The van der Waals surface area contributed by atoms with Crippen LogP contribution in [0.3, 0.4) is 0 Å². The quantitative estimate of drug-likeness (QED) is 0.384. The van der Waals surface area contributed by atoms with Gasteiger partial charge in [-0.05, 0) is 0 Å². The largest absolute Gasteiger partial charge is 0.389 e. The topological polar surface area (TPSA) is 83.6 Å². The SMILES string of the molecule is O=[N+]([O-])C(CO)C(O)F. The molecule has 0 bridgehead atoms. The van der Waals surface area contributed by atoms with Crippen LogP contribution in [0.2, 0.25) is 0 Å². The molecule has 0 amide bonds. The van der Waals surface area contributed by atoms with E-state index in [0.29, 0.717) is 0 Å². The average molecular weight is 139 g/mol. The Hall–Kier alpha value is -0.750. The Bertz CT molecular complexity index is 106. The molecule has 5 nitrogen and oxygen atoms in total. The summed E-state index contributed by atoms with van der Waals surface area (Å²) >= 11 is 0. The van der Waals surface area contributed by atoms with Crippen LogP contribution in [0.4, 0.5) is 4.39 Å². The van der Waals surface area contributed by atoms with E-state index >= 15 is 0 Å². The highest BCUT2D eigenvalue weighted by Gasteiger charge is 2.28. The number of rotatable bonds is 3. The lowest BCUT2D eigenvalue weighted by Crippen LogP contribution is -2.33. The van der Waals surface area contributed by atoms with Crippen molar-refractivity contribution in [3.8, 4) is 0 Å². The van der Waals surface area contributed by atoms with E-state index in [4.69, 9.17) is 10.2 Å². The molecule has 0 aromatic rings. The molecule has 0 rings (SSSR count). The molecule has 0 aliphatic carbocycles. The van der Waals surface area contributed by atoms with Gasteiger partial charge in [-0.15, -0.1) is 0 Å². The van der Waals surface area contributed by atoms with Gasteiger partial charge in [0, 0.05) is 4.92 Å². The van der Waals surface area contributed by atoms with E-state index in [1.165, 1.54) is 0 Å². The number of hydrogen-bond acceptors (Lipinski definition) is 4. The van der Waals surface area contributed by atoms with Gasteiger partial charge in [0.15, 0.2) is 0 Å². The first kappa shape index (κ1) is 8.25. The first-order chi connectivity index (χ1) is 4.09. The first-order valence-electron chi connectivity index (χ1n) is 2.16. The first-order valence-corrected chi connectivity index (χ1v) is 2.16. The highest BCUT2D eigenvalue weighted by molar-refractivity contribution is 4.54. The fourth-order valence-corrected chi connectivity index (χ4v) is 0.254. The Morgan fingerprint density at radius 3 is 2.22 bits per heavy atom. The molecule has 6 heteroatoms. The Labute approximate surface area is 49.9 Å². The summed E-state index contributed by atoms with van der Waals surface area (Å²) in [5.74, 6) is 0. The predicted octanol–water partition coefficient (Wildman–Crippen LogP) is -1.09. The summed E-state index contributed by atoms with van der Waals surface area (Å²) in [4.78, 5) is 8.54. The number of nitro groups is 1. The standard InChI is InChI=1S/C3H6FNO4/c4-3(7)2(1-6)5(8)9/h2-3,6-7H,1H2. The maximum Gasteiger partial charge on any atom is 0.290 e. The Kier molecular flexibility index (Phi) is 3.03. The minimum absolute atomic E-state index is 0.995. The zero-order valence-electron chi connectivity index (χ0n) is 4.40. The van der Waals surface area contributed by atoms with Crippen LogP contribution in [0, 0.1) is 10.1 Å². The summed E-state index contributed by atoms with van der Waals surface area (Å²) in [5, 5.41) is 25.6. The van der Waals surface area contributed by atoms with Crippen molar-refractivity contribution in [3.05, 3.63) is 10.1 Å². The molecule has 0 fully saturated rings. The van der Waals surface area contributed by atoms with Crippen molar-refractivity contribution in [1.82, 2.24) is 0 Å². The number of halogens is 1. The predicted molar refractivity (Wildman–Crippen MR) is 25.0 cm³/mol. The van der Waals surface area contributed by atoms with E-state index in [1.54, 1.807) is 0 Å². The van der Waals surface area contributed by atoms with Crippen LogP contribution in [0.1, 0.15) is 0 Å². The highest BCUT2D eigenvalue weighted by Crippen LogP contribution is 1.97. The monoisotopic (exact) mass is 139 g/mol. The summed E-state index contributed by atoms with van der Waals surface area (Å²) in [6.07, 6.45) is -2.59. The van der Waals surface area contributed by atoms with E-state index in [0.717, 1.165) is 0 Å². The molecule has 54 valence electrons. The van der Waals surface area contributed by atoms with Crippen molar-refractivity contribution in [2.45, 2.75) is 12.4 Å². The molecule has 2 unspecified atom stereocenters. The molecule has 2 N–H and O–H groups in total. The fraction of sp³-hybridized carbons (Fsp3) is 1.00. The van der Waals surface area contributed by atoms with Gasteiger partial charge in [0.05, 0.1) is 0 Å². The molecule has 0 aromatic heterocycles. The smallest absolute Gasteiger partial charge is 0.290 e. The van der Waals surface area contributed by atoms with Crippen molar-refractivity contribution in [2.24, 2.45) is 0 Å². The summed E-state index contributed by atoms with van der Waals surface area (Å²) in [6.45, 7) is -0.995. The third kappa shape index (κ3) is 2.34. The molecule has 0 aromatic carbocycles. The lowest BCUT2D eigenvalue weighted by atomic mass is 10.3. The van der Waals surface area contributed by atoms with Gasteiger partial charge in [-0.25, -0.2) is 4.39 Å². The van der Waals surface area contributed by atoms with Crippen LogP contribution in [0.25, 0.3) is 0 Å². The van der Waals surface area contributed by atoms with Gasteiger partial charge >= 0.3 is 0 Å². The van der Waals surface area contributed by atoms with Gasteiger partial charge in [0.25, 0.3) is 12.4 Å². The number of alkyl halides is 1. The molecular formula is C3H6FNO4. The van der Waals surface area contributed by atoms with E-state index in [-0.39, 0.29) is 0 Å². The number of aliphatic hydroxyl groups excluding tert-OH is 2. The minimum Gasteiger partial charge on any atom is -0.389 e. The van der Waals surface area contributed by atoms with E-state index < -0.39 is 23.9 Å². The van der Waals surface area contributed by atoms with Gasteiger partial charge in [-0.2, -0.15) is 0 Å². The van der Waals surface area contributed by atoms with Gasteiger partial charge in [0.1, 0.15) is 6.61 Å². The molecule has 0 aliphatic heterocycles. The van der Waals surface area contributed by atoms with Gasteiger partial charge in [-0.1, -0.05) is 0 Å². The maximum atomic E-state index is 11.6. The molecule has 0 saturated carbocycles. The van der Waals surface area contributed by atoms with Crippen molar-refractivity contribution >= 4 is 0 Å². The zero-order chi connectivity index (χ0) is 7.44. The number of nitrogens with zero attached hydrogens (tertiary/aromatic N) is 1. The molecule has 0 aliphatic rings. The second-order valence-corrected chi connectivity index (χ2v) is 1.41. The van der Waals surface area contributed by atoms with Crippen molar-refractivity contribution in [1.29, 1.82) is 0 Å². The summed E-state index contributed by atoms with van der Waals surface area (Å²) in [7, 11) is 0. The van der Waals surface area contributed by atoms with Crippen LogP contribution in [0.5, 0.6) is 0 Å². The zero-order valence-corrected chi connectivity index (χ0v) is 4.40. The summed E-state index contributed by atoms with van der Waals surface area (Å²) in [5.41, 5.74) is 0. The normalized spacial score (nSPS) is 16.8. The third-order valence-corrected chi connectivity index (χ3v) is 0.775. The number of aliphatic hydroxyl groups is 2. The molecule has 0 spiro atoms. The lowest BCUT2D eigenvalue weighted by Gasteiger charge is -2.04. The van der Waals surface area contributed by atoms with Crippen molar-refractivity contribution < 1.29 is 19.5 Å². The Morgan fingerprint density at radius 1 is 1.78 bits per heavy atom. The average Bonchev–Trinajstić information content (AvgIpc) is 1.64. The Morgan fingerprint density at radius 2 is 2.22 bits per heavy atom. The van der Waals surface area contributed by atoms with Crippen LogP contribution in [-0.4, -0.2) is 34.1 Å². The molecule has 0 heterocycles.